The average Bonchev–Trinajstić information content (AvgIpc) is 2.43. The number of anilines is 1. The van der Waals surface area contributed by atoms with E-state index in [1.54, 1.807) is 0 Å². The van der Waals surface area contributed by atoms with Crippen molar-refractivity contribution in [2.45, 2.75) is 11.8 Å². The van der Waals surface area contributed by atoms with Gasteiger partial charge in [0.1, 0.15) is 5.69 Å². The highest BCUT2D eigenvalue weighted by Crippen LogP contribution is 2.30. The molecule has 1 rings (SSSR count). The summed E-state index contributed by atoms with van der Waals surface area (Å²) in [6.45, 7) is 1.07. The second-order valence-corrected chi connectivity index (χ2v) is 5.88. The van der Waals surface area contributed by atoms with Gasteiger partial charge in [-0.1, -0.05) is 0 Å². The minimum absolute atomic E-state index is 0.211. The third-order valence-electron chi connectivity index (χ3n) is 2.75. The van der Waals surface area contributed by atoms with Crippen molar-refractivity contribution >= 4 is 27.3 Å². The predicted molar refractivity (Wildman–Crippen MR) is 76.6 cm³/mol. The molecule has 9 nitrogen and oxygen atoms in total. The Morgan fingerprint density at radius 3 is 2.43 bits per heavy atom. The number of amides is 1. The van der Waals surface area contributed by atoms with Crippen LogP contribution in [0.2, 0.25) is 0 Å². The molecule has 0 radical (unpaired) electrons. The van der Waals surface area contributed by atoms with Crippen molar-refractivity contribution in [1.82, 2.24) is 10.0 Å². The molecule has 0 atom stereocenters. The maximum atomic E-state index is 12.1. The Hall–Kier alpha value is -2.20. The Morgan fingerprint density at radius 1 is 1.33 bits per heavy atom. The van der Waals surface area contributed by atoms with Crippen LogP contribution in [0.25, 0.3) is 0 Å². The lowest BCUT2D eigenvalue weighted by Gasteiger charge is -2.11. The molecule has 0 aliphatic heterocycles. The lowest BCUT2D eigenvalue weighted by Crippen LogP contribution is -2.35. The standard InChI is InChI=1S/C11H16N4O5S/c1-7-4-8(12-2)9(15(17)18)5-10(7)21(19,20)14-6-11(16)13-3/h4-5,12,14H,6H2,1-3H3,(H,13,16). The Kier molecular flexibility index (Phi) is 5.22. The molecular formula is C11H16N4O5S. The van der Waals surface area contributed by atoms with Crippen LogP contribution in [-0.2, 0) is 14.8 Å². The van der Waals surface area contributed by atoms with Crippen LogP contribution in [0.15, 0.2) is 17.0 Å². The van der Waals surface area contributed by atoms with Crippen LogP contribution in [0.1, 0.15) is 5.56 Å². The Bertz CT molecular complexity index is 671. The summed E-state index contributed by atoms with van der Waals surface area (Å²) in [5.74, 6) is -0.516. The average molecular weight is 316 g/mol. The first-order valence-electron chi connectivity index (χ1n) is 5.90. The molecule has 0 bridgehead atoms. The normalized spacial score (nSPS) is 11.0. The zero-order chi connectivity index (χ0) is 16.2. The molecule has 0 fully saturated rings. The second kappa shape index (κ2) is 6.50. The Balaban J connectivity index is 3.26. The fraction of sp³-hybridized carbons (Fsp3) is 0.364. The number of carbonyl (C=O) groups excluding carboxylic acids is 1. The van der Waals surface area contributed by atoms with Crippen LogP contribution < -0.4 is 15.4 Å². The topological polar surface area (TPSA) is 130 Å². The molecule has 21 heavy (non-hydrogen) atoms. The number of carbonyl (C=O) groups is 1. The first-order chi connectivity index (χ1) is 9.72. The molecule has 1 aromatic carbocycles. The number of aryl methyl sites for hydroxylation is 1. The van der Waals surface area contributed by atoms with E-state index in [1.165, 1.54) is 27.1 Å². The monoisotopic (exact) mass is 316 g/mol. The van der Waals surface area contributed by atoms with E-state index in [1.807, 2.05) is 0 Å². The molecule has 1 amide bonds. The lowest BCUT2D eigenvalue weighted by molar-refractivity contribution is -0.384. The molecule has 1 aromatic rings. The molecule has 116 valence electrons. The van der Waals surface area contributed by atoms with Gasteiger partial charge in [-0.25, -0.2) is 13.1 Å². The summed E-state index contributed by atoms with van der Waals surface area (Å²) in [4.78, 5) is 21.1. The Morgan fingerprint density at radius 2 is 1.95 bits per heavy atom. The van der Waals surface area contributed by atoms with Crippen molar-refractivity contribution in [2.24, 2.45) is 0 Å². The van der Waals surface area contributed by atoms with Gasteiger partial charge in [0.25, 0.3) is 5.69 Å². The van der Waals surface area contributed by atoms with Gasteiger partial charge in [0, 0.05) is 20.2 Å². The molecule has 0 saturated carbocycles. The lowest BCUT2D eigenvalue weighted by atomic mass is 10.2. The van der Waals surface area contributed by atoms with Crippen LogP contribution in [-0.4, -0.2) is 39.9 Å². The number of nitro benzene ring substituents is 1. The van der Waals surface area contributed by atoms with Gasteiger partial charge in [-0.3, -0.25) is 14.9 Å². The zero-order valence-corrected chi connectivity index (χ0v) is 12.6. The predicted octanol–water partition coefficient (Wildman–Crippen LogP) is -0.0308. The molecular weight excluding hydrogens is 300 g/mol. The highest BCUT2D eigenvalue weighted by molar-refractivity contribution is 7.89. The van der Waals surface area contributed by atoms with Crippen molar-refractivity contribution in [3.05, 3.63) is 27.8 Å². The number of benzene rings is 1. The molecule has 3 N–H and O–H groups in total. The van der Waals surface area contributed by atoms with Crippen LogP contribution in [0.3, 0.4) is 0 Å². The van der Waals surface area contributed by atoms with Crippen LogP contribution in [0, 0.1) is 17.0 Å². The van der Waals surface area contributed by atoms with Crippen molar-refractivity contribution in [2.75, 3.05) is 26.0 Å². The summed E-state index contributed by atoms with van der Waals surface area (Å²) in [7, 11) is -1.15. The molecule has 0 heterocycles. The van der Waals surface area contributed by atoms with Crippen molar-refractivity contribution in [3.8, 4) is 0 Å². The number of nitrogens with zero attached hydrogens (tertiary/aromatic N) is 1. The first kappa shape index (κ1) is 16.9. The molecule has 0 aromatic heterocycles. The molecule has 0 aliphatic carbocycles. The first-order valence-corrected chi connectivity index (χ1v) is 7.38. The molecule has 0 spiro atoms. The number of sulfonamides is 1. The van der Waals surface area contributed by atoms with Crippen LogP contribution >= 0.6 is 0 Å². The fourth-order valence-corrected chi connectivity index (χ4v) is 2.87. The summed E-state index contributed by atoms with van der Waals surface area (Å²) in [5.41, 5.74) is 0.181. The summed E-state index contributed by atoms with van der Waals surface area (Å²) < 4.78 is 26.3. The van der Waals surface area contributed by atoms with Gasteiger partial charge >= 0.3 is 0 Å². The second-order valence-electron chi connectivity index (χ2n) is 4.14. The number of rotatable bonds is 6. The quantitative estimate of drug-likeness (QED) is 0.499. The van der Waals surface area contributed by atoms with E-state index in [4.69, 9.17) is 0 Å². The van der Waals surface area contributed by atoms with Gasteiger partial charge in [0.05, 0.1) is 16.4 Å². The van der Waals surface area contributed by atoms with Gasteiger partial charge in [-0.05, 0) is 18.6 Å². The van der Waals surface area contributed by atoms with Crippen LogP contribution in [0.5, 0.6) is 0 Å². The highest BCUT2D eigenvalue weighted by atomic mass is 32.2. The van der Waals surface area contributed by atoms with E-state index in [-0.39, 0.29) is 16.3 Å². The third kappa shape index (κ3) is 3.89. The van der Waals surface area contributed by atoms with E-state index in [2.05, 4.69) is 15.4 Å². The van der Waals surface area contributed by atoms with Gasteiger partial charge in [-0.2, -0.15) is 0 Å². The van der Waals surface area contributed by atoms with Gasteiger partial charge in [0.2, 0.25) is 15.9 Å². The maximum absolute atomic E-state index is 12.1. The minimum Gasteiger partial charge on any atom is -0.383 e. The van der Waals surface area contributed by atoms with Crippen molar-refractivity contribution in [3.63, 3.8) is 0 Å². The number of likely N-dealkylation sites (N-methyl/N-ethyl adjacent to an activating group) is 1. The van der Waals surface area contributed by atoms with Crippen LogP contribution in [0.4, 0.5) is 11.4 Å². The van der Waals surface area contributed by atoms with E-state index >= 15 is 0 Å². The zero-order valence-electron chi connectivity index (χ0n) is 11.8. The van der Waals surface area contributed by atoms with Crippen molar-refractivity contribution in [1.29, 1.82) is 0 Å². The largest absolute Gasteiger partial charge is 0.383 e. The maximum Gasteiger partial charge on any atom is 0.293 e. The van der Waals surface area contributed by atoms with Gasteiger partial charge in [-0.15, -0.1) is 0 Å². The summed E-state index contributed by atoms with van der Waals surface area (Å²) in [6.07, 6.45) is 0. The smallest absolute Gasteiger partial charge is 0.293 e. The number of nitrogens with one attached hydrogen (secondary N) is 3. The Labute approximate surface area is 121 Å². The van der Waals surface area contributed by atoms with E-state index in [0.29, 0.717) is 5.56 Å². The fourth-order valence-electron chi connectivity index (χ4n) is 1.64. The molecule has 0 saturated heterocycles. The van der Waals surface area contributed by atoms with Gasteiger partial charge < -0.3 is 10.6 Å². The third-order valence-corrected chi connectivity index (χ3v) is 4.29. The van der Waals surface area contributed by atoms with Gasteiger partial charge in [0.15, 0.2) is 0 Å². The SMILES string of the molecule is CNC(=O)CNS(=O)(=O)c1cc([N+](=O)[O-])c(NC)cc1C. The highest BCUT2D eigenvalue weighted by Gasteiger charge is 2.24. The van der Waals surface area contributed by atoms with E-state index < -0.39 is 27.4 Å². The summed E-state index contributed by atoms with van der Waals surface area (Å²) >= 11 is 0. The molecule has 0 unspecified atom stereocenters. The molecule has 0 aliphatic rings. The summed E-state index contributed by atoms with van der Waals surface area (Å²) in [6, 6.07) is 2.33. The summed E-state index contributed by atoms with van der Waals surface area (Å²) in [5, 5.41) is 15.9. The van der Waals surface area contributed by atoms with Crippen molar-refractivity contribution < 1.29 is 18.1 Å². The number of hydrogen-bond acceptors (Lipinski definition) is 6. The van der Waals surface area contributed by atoms with E-state index in [0.717, 1.165) is 6.07 Å². The minimum atomic E-state index is -4.02. The molecule has 10 heteroatoms. The number of hydrogen-bond donors (Lipinski definition) is 3. The van der Waals surface area contributed by atoms with E-state index in [9.17, 15) is 23.3 Å². The number of nitro groups is 1.